The average molecular weight is 376 g/mol. The minimum atomic E-state index is 0.242. The van der Waals surface area contributed by atoms with Crippen molar-refractivity contribution in [2.75, 3.05) is 5.32 Å². The molecule has 0 atom stereocenters. The topological polar surface area (TPSA) is 38.0 Å². The van der Waals surface area contributed by atoms with Crippen molar-refractivity contribution < 1.29 is 0 Å². The van der Waals surface area contributed by atoms with Gasteiger partial charge in [0.1, 0.15) is 4.99 Å². The summed E-state index contributed by atoms with van der Waals surface area (Å²) in [5.41, 5.74) is 7.87. The molecular weight excluding hydrogens is 367 g/mol. The lowest BCUT2D eigenvalue weighted by molar-refractivity contribution is 1.50. The van der Waals surface area contributed by atoms with Crippen LogP contribution in [-0.2, 0) is 0 Å². The van der Waals surface area contributed by atoms with Crippen LogP contribution in [0.3, 0.4) is 0 Å². The molecule has 19 heavy (non-hydrogen) atoms. The molecular formula is C13H9BrCl2N2S. The molecule has 0 amide bonds. The number of hydrogen-bond acceptors (Lipinski definition) is 2. The van der Waals surface area contributed by atoms with Crippen LogP contribution >= 0.6 is 51.3 Å². The molecule has 2 rings (SSSR count). The van der Waals surface area contributed by atoms with E-state index >= 15 is 0 Å². The molecule has 0 fully saturated rings. The van der Waals surface area contributed by atoms with Crippen LogP contribution in [0.4, 0.5) is 11.4 Å². The Labute approximate surface area is 135 Å². The van der Waals surface area contributed by atoms with Gasteiger partial charge in [0.15, 0.2) is 0 Å². The highest BCUT2D eigenvalue weighted by molar-refractivity contribution is 9.10. The number of benzene rings is 2. The Kier molecular flexibility index (Phi) is 4.68. The molecule has 0 unspecified atom stereocenters. The first kappa shape index (κ1) is 14.6. The van der Waals surface area contributed by atoms with E-state index in [1.54, 1.807) is 18.2 Å². The van der Waals surface area contributed by atoms with E-state index in [2.05, 4.69) is 21.2 Å². The molecule has 0 spiro atoms. The fourth-order valence-electron chi connectivity index (χ4n) is 1.62. The van der Waals surface area contributed by atoms with Gasteiger partial charge in [0, 0.05) is 9.50 Å². The van der Waals surface area contributed by atoms with Crippen LogP contribution < -0.4 is 11.1 Å². The number of nitrogens with two attached hydrogens (primary N) is 1. The van der Waals surface area contributed by atoms with E-state index in [-0.39, 0.29) is 4.99 Å². The van der Waals surface area contributed by atoms with Gasteiger partial charge in [-0.2, -0.15) is 0 Å². The van der Waals surface area contributed by atoms with Crippen molar-refractivity contribution in [3.63, 3.8) is 0 Å². The summed E-state index contributed by atoms with van der Waals surface area (Å²) in [6.45, 7) is 0. The minimum absolute atomic E-state index is 0.242. The Bertz CT molecular complexity index is 647. The van der Waals surface area contributed by atoms with E-state index in [9.17, 15) is 0 Å². The third-order valence-electron chi connectivity index (χ3n) is 2.46. The lowest BCUT2D eigenvalue weighted by Gasteiger charge is -2.14. The molecule has 0 saturated heterocycles. The van der Waals surface area contributed by atoms with Crippen LogP contribution in [0, 0.1) is 0 Å². The van der Waals surface area contributed by atoms with Crippen LogP contribution in [-0.4, -0.2) is 4.99 Å². The first-order valence-corrected chi connectivity index (χ1v) is 7.25. The summed E-state index contributed by atoms with van der Waals surface area (Å²) in [6, 6.07) is 10.9. The number of rotatable bonds is 3. The van der Waals surface area contributed by atoms with Gasteiger partial charge < -0.3 is 11.1 Å². The molecule has 2 nitrogen and oxygen atoms in total. The molecule has 0 aliphatic rings. The summed E-state index contributed by atoms with van der Waals surface area (Å²) in [5.74, 6) is 0. The third kappa shape index (κ3) is 3.39. The zero-order chi connectivity index (χ0) is 14.0. The highest BCUT2D eigenvalue weighted by atomic mass is 79.9. The van der Waals surface area contributed by atoms with Gasteiger partial charge in [-0.25, -0.2) is 0 Å². The number of halogens is 3. The number of hydrogen-bond donors (Lipinski definition) is 2. The second-order valence-corrected chi connectivity index (χ2v) is 5.91. The predicted octanol–water partition coefficient (Wildman–Crippen LogP) is 5.13. The fraction of sp³-hybridized carbons (Fsp3) is 0. The summed E-state index contributed by atoms with van der Waals surface area (Å²) >= 11 is 20.6. The van der Waals surface area contributed by atoms with Gasteiger partial charge in [0.05, 0.1) is 22.0 Å². The summed E-state index contributed by atoms with van der Waals surface area (Å²) in [7, 11) is 0. The molecule has 0 aliphatic carbocycles. The normalized spacial score (nSPS) is 10.3. The standard InChI is InChI=1S/C13H9BrCl2N2S/c14-8-5-4-7(15)6-11(8)18-10-3-1-2-9(16)12(10)13(17)19/h1-6,18H,(H2,17,19). The average Bonchev–Trinajstić information content (AvgIpc) is 2.33. The highest BCUT2D eigenvalue weighted by Crippen LogP contribution is 2.32. The van der Waals surface area contributed by atoms with Crippen molar-refractivity contribution in [3.8, 4) is 0 Å². The molecule has 98 valence electrons. The molecule has 0 saturated carbocycles. The van der Waals surface area contributed by atoms with Crippen LogP contribution in [0.25, 0.3) is 0 Å². The van der Waals surface area contributed by atoms with Crippen molar-refractivity contribution in [2.45, 2.75) is 0 Å². The molecule has 6 heteroatoms. The van der Waals surface area contributed by atoms with Crippen LogP contribution in [0.1, 0.15) is 5.56 Å². The smallest absolute Gasteiger partial charge is 0.107 e. The van der Waals surface area contributed by atoms with Gasteiger partial charge in [-0.05, 0) is 46.3 Å². The number of thiocarbonyl (C=S) groups is 1. The molecule has 2 aromatic carbocycles. The van der Waals surface area contributed by atoms with E-state index < -0.39 is 0 Å². The monoisotopic (exact) mass is 374 g/mol. The SMILES string of the molecule is NC(=S)c1c(Cl)cccc1Nc1cc(Cl)ccc1Br. The summed E-state index contributed by atoms with van der Waals surface area (Å²) in [4.78, 5) is 0.242. The Hall–Kier alpha value is -0.810. The maximum Gasteiger partial charge on any atom is 0.107 e. The van der Waals surface area contributed by atoms with E-state index in [4.69, 9.17) is 41.2 Å². The van der Waals surface area contributed by atoms with E-state index in [0.29, 0.717) is 15.6 Å². The van der Waals surface area contributed by atoms with Gasteiger partial charge in [0.2, 0.25) is 0 Å². The first-order chi connectivity index (χ1) is 8.99. The summed E-state index contributed by atoms with van der Waals surface area (Å²) < 4.78 is 0.880. The Morgan fingerprint density at radius 2 is 1.89 bits per heavy atom. The van der Waals surface area contributed by atoms with E-state index in [1.807, 2.05) is 18.2 Å². The van der Waals surface area contributed by atoms with Crippen LogP contribution in [0.15, 0.2) is 40.9 Å². The minimum Gasteiger partial charge on any atom is -0.389 e. The largest absolute Gasteiger partial charge is 0.389 e. The maximum atomic E-state index is 6.12. The van der Waals surface area contributed by atoms with E-state index in [1.165, 1.54) is 0 Å². The zero-order valence-electron chi connectivity index (χ0n) is 9.58. The van der Waals surface area contributed by atoms with Gasteiger partial charge in [-0.1, -0.05) is 41.5 Å². The molecule has 2 aromatic rings. The van der Waals surface area contributed by atoms with Crippen LogP contribution in [0.2, 0.25) is 10.0 Å². The molecule has 0 heterocycles. The molecule has 0 aliphatic heterocycles. The lowest BCUT2D eigenvalue weighted by atomic mass is 10.1. The van der Waals surface area contributed by atoms with Gasteiger partial charge in [-0.15, -0.1) is 0 Å². The van der Waals surface area contributed by atoms with E-state index in [0.717, 1.165) is 15.8 Å². The molecule has 0 radical (unpaired) electrons. The van der Waals surface area contributed by atoms with Crippen molar-refractivity contribution >= 4 is 67.7 Å². The predicted molar refractivity (Wildman–Crippen MR) is 89.8 cm³/mol. The molecule has 0 aromatic heterocycles. The molecule has 3 N–H and O–H groups in total. The zero-order valence-corrected chi connectivity index (χ0v) is 13.5. The Morgan fingerprint density at radius 3 is 2.58 bits per heavy atom. The Balaban J connectivity index is 2.46. The van der Waals surface area contributed by atoms with Gasteiger partial charge in [-0.3, -0.25) is 0 Å². The van der Waals surface area contributed by atoms with Gasteiger partial charge >= 0.3 is 0 Å². The van der Waals surface area contributed by atoms with Crippen molar-refractivity contribution in [1.82, 2.24) is 0 Å². The van der Waals surface area contributed by atoms with Crippen LogP contribution in [0.5, 0.6) is 0 Å². The maximum absolute atomic E-state index is 6.12. The molecule has 0 bridgehead atoms. The first-order valence-electron chi connectivity index (χ1n) is 5.29. The number of anilines is 2. The van der Waals surface area contributed by atoms with Crippen molar-refractivity contribution in [2.24, 2.45) is 5.73 Å². The third-order valence-corrected chi connectivity index (χ3v) is 3.90. The number of nitrogens with one attached hydrogen (secondary N) is 1. The van der Waals surface area contributed by atoms with Crippen molar-refractivity contribution in [3.05, 3.63) is 56.5 Å². The lowest BCUT2D eigenvalue weighted by Crippen LogP contribution is -2.12. The fourth-order valence-corrected chi connectivity index (χ4v) is 2.69. The second-order valence-electron chi connectivity index (χ2n) is 3.78. The van der Waals surface area contributed by atoms with Crippen molar-refractivity contribution in [1.29, 1.82) is 0 Å². The summed E-state index contributed by atoms with van der Waals surface area (Å²) in [6.07, 6.45) is 0. The van der Waals surface area contributed by atoms with Gasteiger partial charge in [0.25, 0.3) is 0 Å². The highest BCUT2D eigenvalue weighted by Gasteiger charge is 2.11. The Morgan fingerprint density at radius 1 is 1.16 bits per heavy atom. The summed E-state index contributed by atoms with van der Waals surface area (Å²) in [5, 5.41) is 4.36. The second kappa shape index (κ2) is 6.09. The quantitative estimate of drug-likeness (QED) is 0.730.